The molecule has 4 rings (SSSR count). The lowest BCUT2D eigenvalue weighted by molar-refractivity contribution is -0.143. The van der Waals surface area contributed by atoms with E-state index in [1.54, 1.807) is 69.9 Å². The zero-order chi connectivity index (χ0) is 97.0. The Morgan fingerprint density at radius 3 is 1.45 bits per heavy atom. The molecule has 0 bridgehead atoms. The first-order chi connectivity index (χ1) is 61.4. The number of aliphatic hydroxyl groups excluding tert-OH is 4. The van der Waals surface area contributed by atoms with E-state index in [9.17, 15) is 137 Å². The van der Waals surface area contributed by atoms with Crippen molar-refractivity contribution in [2.24, 2.45) is 59.0 Å². The van der Waals surface area contributed by atoms with E-state index in [1.807, 2.05) is 0 Å². The van der Waals surface area contributed by atoms with E-state index in [0.717, 1.165) is 26.7 Å². The van der Waals surface area contributed by atoms with Crippen molar-refractivity contribution in [3.63, 3.8) is 0 Å². The standard InChI is InChI=1S/C92H132N10O28/c1-8-53(4)85(79(115)43-61(37-58-20-25-65(107)26-21-58)88(126)97-71(36-52(2)3)75(111)41-62(45-83(120)121)87(125)96-54(5)16-12-14-32-93)101-90(128)64(50-103)44-76(112)72(39-59-22-27-66(108)28-23-59)98-89(127)63(46-84(122)123)42-77(113)74(51-104)100-92(130)70(56(7)106)48-78(114)73(38-57-17-10-9-11-18-57)99-91(129)69(55(6)105)47-68(110)49-95-86(124)60(24-31-82(118)119)40-67(109)29-30-80(116)94-33-35-102-34-15-13-19-81(102)117/h9-11,17-18,20-23,25-28,52-56,60-64,69-74,85,103-108H,8,12-16,19,24,29-51,93H2,1-7H3,(H,94,116)(H,95,124)(H,96,125)(H,97,126)(H,98,127)(H,99,129)(H,100,130)(H,101,128)(H,118,119)(H,120,121)(H,122,123)/t53-,54+,55+,56+,60+,61+,62-,63-,64-,69-,70-,71-,72-,73-,74-,85-/m0/s1. The smallest absolute Gasteiger partial charge is 0.304 e. The number of aliphatic carboxylic acids is 3. The number of benzene rings is 3. The van der Waals surface area contributed by atoms with E-state index >= 15 is 0 Å². The van der Waals surface area contributed by atoms with Crippen LogP contribution in [0.5, 0.6) is 11.5 Å². The fraction of sp³-hybridized carbons (Fsp3) is 0.598. The fourth-order valence-electron chi connectivity index (χ4n) is 15.0. The number of carboxylic acids is 3. The number of ketones is 7. The van der Waals surface area contributed by atoms with Gasteiger partial charge in [-0.05, 0) is 138 Å². The van der Waals surface area contributed by atoms with Crippen LogP contribution in [-0.2, 0) is 110 Å². The summed E-state index contributed by atoms with van der Waals surface area (Å²) in [5, 5.41) is 114. The number of amides is 9. The number of rotatable bonds is 65. The minimum absolute atomic E-state index is 0.0255. The third-order valence-corrected chi connectivity index (χ3v) is 22.9. The second-order valence-electron chi connectivity index (χ2n) is 34.3. The summed E-state index contributed by atoms with van der Waals surface area (Å²) in [7, 11) is 0. The van der Waals surface area contributed by atoms with Gasteiger partial charge in [-0.15, -0.1) is 0 Å². The Morgan fingerprint density at radius 1 is 0.438 bits per heavy atom. The fourth-order valence-corrected chi connectivity index (χ4v) is 15.0. The maximum absolute atomic E-state index is 14.8. The van der Waals surface area contributed by atoms with Gasteiger partial charge in [-0.3, -0.25) is 91.1 Å². The molecular weight excluding hydrogens is 1690 g/mol. The van der Waals surface area contributed by atoms with Gasteiger partial charge in [0.05, 0.1) is 98.6 Å². The Morgan fingerprint density at radius 2 is 0.923 bits per heavy atom. The third kappa shape index (κ3) is 40.6. The summed E-state index contributed by atoms with van der Waals surface area (Å²) in [6, 6.07) is 10.4. The first kappa shape index (κ1) is 111. The van der Waals surface area contributed by atoms with E-state index in [1.165, 1.54) is 48.5 Å². The maximum atomic E-state index is 14.8. The molecule has 0 radical (unpaired) electrons. The van der Waals surface area contributed by atoms with Crippen molar-refractivity contribution in [3.05, 3.63) is 95.6 Å². The number of nitrogens with one attached hydrogen (secondary N) is 8. The van der Waals surface area contributed by atoms with Crippen LogP contribution in [0.2, 0.25) is 0 Å². The number of carbonyl (C=O) groups is 19. The van der Waals surface area contributed by atoms with Crippen LogP contribution >= 0.6 is 0 Å². The highest BCUT2D eigenvalue weighted by atomic mass is 16.4. The van der Waals surface area contributed by atoms with Crippen LogP contribution in [-0.4, -0.2) is 257 Å². The van der Waals surface area contributed by atoms with Crippen LogP contribution in [0.1, 0.15) is 200 Å². The number of carboxylic acid groups (broad SMARTS) is 3. The lowest BCUT2D eigenvalue weighted by Crippen LogP contribution is -2.52. The lowest BCUT2D eigenvalue weighted by atomic mass is 9.85. The van der Waals surface area contributed by atoms with Crippen molar-refractivity contribution in [1.82, 2.24) is 47.4 Å². The number of likely N-dealkylation sites (tertiary alicyclic amines) is 1. The number of Topliss-reactive ketones (excluding diaryl/α,β-unsaturated/α-hetero) is 7. The number of hydrogen-bond donors (Lipinski definition) is 18. The number of carbonyl (C=O) groups excluding carboxylic acids is 16. The van der Waals surface area contributed by atoms with E-state index < -0.39 is 286 Å². The number of piperidine rings is 1. The van der Waals surface area contributed by atoms with Crippen molar-refractivity contribution < 1.29 is 137 Å². The van der Waals surface area contributed by atoms with Gasteiger partial charge in [0.25, 0.3) is 0 Å². The Hall–Kier alpha value is -11.6. The van der Waals surface area contributed by atoms with E-state index in [4.69, 9.17) is 5.73 Å². The van der Waals surface area contributed by atoms with Gasteiger partial charge in [0.15, 0.2) is 34.7 Å². The van der Waals surface area contributed by atoms with Gasteiger partial charge in [0.1, 0.15) is 23.3 Å². The van der Waals surface area contributed by atoms with Crippen molar-refractivity contribution in [1.29, 1.82) is 0 Å². The summed E-state index contributed by atoms with van der Waals surface area (Å²) in [4.78, 5) is 261. The highest BCUT2D eigenvalue weighted by Crippen LogP contribution is 2.27. The largest absolute Gasteiger partial charge is 0.508 e. The molecule has 1 fully saturated rings. The Labute approximate surface area is 755 Å². The summed E-state index contributed by atoms with van der Waals surface area (Å²) in [5.74, 6) is -30.0. The molecule has 1 saturated heterocycles. The second-order valence-corrected chi connectivity index (χ2v) is 34.3. The molecule has 0 aromatic heterocycles. The molecule has 9 amide bonds. The molecule has 3 aromatic carbocycles. The number of nitrogens with zero attached hydrogens (tertiary/aromatic N) is 1. The first-order valence-electron chi connectivity index (χ1n) is 44.3. The van der Waals surface area contributed by atoms with Crippen LogP contribution in [0.25, 0.3) is 0 Å². The molecule has 3 aromatic rings. The second kappa shape index (κ2) is 57.4. The van der Waals surface area contributed by atoms with Gasteiger partial charge in [0.2, 0.25) is 53.2 Å². The number of aliphatic hydroxyl groups is 4. The van der Waals surface area contributed by atoms with E-state index in [0.29, 0.717) is 49.9 Å². The van der Waals surface area contributed by atoms with Crippen LogP contribution in [0.4, 0.5) is 0 Å². The Balaban J connectivity index is 1.53. The normalized spacial score (nSPS) is 15.8. The highest BCUT2D eigenvalue weighted by Gasteiger charge is 2.41. The summed E-state index contributed by atoms with van der Waals surface area (Å²) in [6.45, 7) is 9.14. The molecular formula is C92H132N10O28. The summed E-state index contributed by atoms with van der Waals surface area (Å²) in [5.41, 5.74) is 6.77. The molecule has 0 spiro atoms. The summed E-state index contributed by atoms with van der Waals surface area (Å²) < 4.78 is 0. The lowest BCUT2D eigenvalue weighted by Gasteiger charge is -2.28. The molecule has 130 heavy (non-hydrogen) atoms. The number of aromatic hydroxyl groups is 2. The molecule has 19 N–H and O–H groups in total. The molecule has 1 heterocycles. The molecule has 38 nitrogen and oxygen atoms in total. The van der Waals surface area contributed by atoms with Gasteiger partial charge in [-0.25, -0.2) is 0 Å². The topological polar surface area (TPSA) is 632 Å². The average molecular weight is 1830 g/mol. The quantitative estimate of drug-likeness (QED) is 0.0359. The highest BCUT2D eigenvalue weighted by molar-refractivity contribution is 6.01. The predicted molar refractivity (Wildman–Crippen MR) is 469 cm³/mol. The Bertz CT molecular complexity index is 4310. The number of hydrogen-bond acceptors (Lipinski definition) is 26. The minimum atomic E-state index is -1.99. The zero-order valence-electron chi connectivity index (χ0n) is 75.0. The maximum Gasteiger partial charge on any atom is 0.304 e. The van der Waals surface area contributed by atoms with Gasteiger partial charge in [-0.1, -0.05) is 95.1 Å². The van der Waals surface area contributed by atoms with Gasteiger partial charge in [0, 0.05) is 108 Å². The molecule has 0 aliphatic carbocycles. The van der Waals surface area contributed by atoms with E-state index in [2.05, 4.69) is 42.5 Å². The number of phenols is 2. The van der Waals surface area contributed by atoms with Crippen LogP contribution < -0.4 is 48.3 Å². The SMILES string of the molecule is CC[C@H](C)[C@H](NC(=O)[C@H](CO)CC(=O)[C@H](Cc1ccc(O)cc1)NC(=O)[C@H](CC(=O)O)CC(=O)[C@H](CO)NC(=O)[C@@H](CC(=O)[C@H](Cc1ccccc1)NC(=O)[C@@H](CC(=O)CNC(=O)[C@H](CCC(=O)O)CC(=O)CCC(=O)NCCN1CCCCC1=O)[C@@H](C)O)[C@@H](C)O)C(=O)C[C@@H](Cc1ccc(O)cc1)C(=O)N[C@@H](CC(C)C)C(=O)C[C@@H](CC(=O)O)C(=O)N[C@H](C)CCCCN. The Kier molecular flexibility index (Phi) is 48.9. The first-order valence-corrected chi connectivity index (χ1v) is 44.3. The summed E-state index contributed by atoms with van der Waals surface area (Å²) >= 11 is 0. The monoisotopic (exact) mass is 1820 g/mol. The molecule has 0 saturated carbocycles. The van der Waals surface area contributed by atoms with Crippen LogP contribution in [0, 0.1) is 53.3 Å². The number of unbranched alkanes of at least 4 members (excludes halogenated alkanes) is 1. The third-order valence-electron chi connectivity index (χ3n) is 22.9. The molecule has 718 valence electrons. The van der Waals surface area contributed by atoms with E-state index in [-0.39, 0.29) is 93.0 Å². The molecule has 0 unspecified atom stereocenters. The minimum Gasteiger partial charge on any atom is -0.508 e. The molecule has 1 aliphatic rings. The predicted octanol–water partition coefficient (Wildman–Crippen LogP) is 1.89. The van der Waals surface area contributed by atoms with Crippen molar-refractivity contribution in [3.8, 4) is 11.5 Å². The van der Waals surface area contributed by atoms with Crippen LogP contribution in [0.15, 0.2) is 78.9 Å². The zero-order valence-corrected chi connectivity index (χ0v) is 75.0. The van der Waals surface area contributed by atoms with Gasteiger partial charge >= 0.3 is 17.9 Å². The van der Waals surface area contributed by atoms with Crippen LogP contribution in [0.3, 0.4) is 0 Å². The van der Waals surface area contributed by atoms with Crippen molar-refractivity contribution >= 4 is 112 Å². The van der Waals surface area contributed by atoms with Crippen molar-refractivity contribution in [2.75, 3.05) is 45.9 Å². The molecule has 16 atom stereocenters. The number of nitrogens with two attached hydrogens (primary N) is 1. The molecule has 38 heteroatoms. The average Bonchev–Trinajstić information content (AvgIpc) is 0.843. The van der Waals surface area contributed by atoms with Crippen molar-refractivity contribution in [2.45, 2.75) is 251 Å². The summed E-state index contributed by atoms with van der Waals surface area (Å²) in [6.07, 6.45) is -8.77. The van der Waals surface area contributed by atoms with Gasteiger partial charge < -0.3 is 99.1 Å². The van der Waals surface area contributed by atoms with Gasteiger partial charge in [-0.2, -0.15) is 0 Å². The molecule has 1 aliphatic heterocycles. The number of phenolic OH excluding ortho intramolecular Hbond substituents is 2.